The third-order valence-electron chi connectivity index (χ3n) is 4.72. The molecule has 136 valence electrons. The average Bonchev–Trinajstić information content (AvgIpc) is 2.66. The van der Waals surface area contributed by atoms with Crippen LogP contribution >= 0.6 is 11.8 Å². The third kappa shape index (κ3) is 4.47. The van der Waals surface area contributed by atoms with Crippen molar-refractivity contribution in [2.24, 2.45) is 5.73 Å². The van der Waals surface area contributed by atoms with Crippen LogP contribution in [0, 0.1) is 0 Å². The molecule has 2 aromatic carbocycles. The molecule has 0 heterocycles. The van der Waals surface area contributed by atoms with Crippen molar-refractivity contribution in [1.82, 2.24) is 5.32 Å². The van der Waals surface area contributed by atoms with Crippen molar-refractivity contribution in [3.63, 3.8) is 0 Å². The van der Waals surface area contributed by atoms with E-state index >= 15 is 0 Å². The maximum absolute atomic E-state index is 12.7. The predicted octanol–water partition coefficient (Wildman–Crippen LogP) is 3.63. The number of aryl methyl sites for hydroxylation is 2. The van der Waals surface area contributed by atoms with Gasteiger partial charge in [-0.3, -0.25) is 9.59 Å². The van der Waals surface area contributed by atoms with Gasteiger partial charge in [0.2, 0.25) is 5.91 Å². The molecule has 1 atom stereocenters. The summed E-state index contributed by atoms with van der Waals surface area (Å²) in [5, 5.41) is 3.08. The Balaban J connectivity index is 1.72. The SMILES string of the molecule is CC(NC(=O)c1ccccc1SCC(N)=O)c1ccc2c(c1)CCCC2. The number of rotatable bonds is 6. The average molecular weight is 369 g/mol. The van der Waals surface area contributed by atoms with Gasteiger partial charge < -0.3 is 11.1 Å². The molecule has 2 aromatic rings. The summed E-state index contributed by atoms with van der Waals surface area (Å²) in [6.07, 6.45) is 4.78. The standard InChI is InChI=1S/C21H24N2O2S/c1-14(16-11-10-15-6-2-3-7-17(15)12-16)23-21(25)18-8-4-5-9-19(18)26-13-20(22)24/h4-5,8-12,14H,2-3,6-7,13H2,1H3,(H2,22,24)(H,23,25). The molecule has 0 spiro atoms. The maximum atomic E-state index is 12.7. The van der Waals surface area contributed by atoms with Gasteiger partial charge in [-0.15, -0.1) is 11.8 Å². The van der Waals surface area contributed by atoms with E-state index in [0.717, 1.165) is 23.3 Å². The van der Waals surface area contributed by atoms with Gasteiger partial charge in [-0.05, 0) is 61.4 Å². The van der Waals surface area contributed by atoms with Crippen LogP contribution in [0.25, 0.3) is 0 Å². The first-order valence-electron chi connectivity index (χ1n) is 8.97. The number of nitrogens with one attached hydrogen (secondary N) is 1. The molecule has 2 amide bonds. The second-order valence-electron chi connectivity index (χ2n) is 6.68. The van der Waals surface area contributed by atoms with Gasteiger partial charge >= 0.3 is 0 Å². The van der Waals surface area contributed by atoms with Gasteiger partial charge in [0.05, 0.1) is 17.4 Å². The van der Waals surface area contributed by atoms with E-state index in [0.29, 0.717) is 5.56 Å². The molecule has 0 saturated carbocycles. The molecule has 26 heavy (non-hydrogen) atoms. The molecule has 0 aromatic heterocycles. The monoisotopic (exact) mass is 368 g/mol. The van der Waals surface area contributed by atoms with E-state index in [4.69, 9.17) is 5.73 Å². The normalized spacial score (nSPS) is 14.3. The molecule has 3 N–H and O–H groups in total. The van der Waals surface area contributed by atoms with E-state index in [1.165, 1.54) is 35.7 Å². The summed E-state index contributed by atoms with van der Waals surface area (Å²) in [6.45, 7) is 2.00. The summed E-state index contributed by atoms with van der Waals surface area (Å²) >= 11 is 1.29. The quantitative estimate of drug-likeness (QED) is 0.765. The van der Waals surface area contributed by atoms with E-state index in [2.05, 4.69) is 23.5 Å². The van der Waals surface area contributed by atoms with Crippen LogP contribution < -0.4 is 11.1 Å². The van der Waals surface area contributed by atoms with Crippen molar-refractivity contribution in [1.29, 1.82) is 0 Å². The van der Waals surface area contributed by atoms with Crippen LogP contribution in [0.3, 0.4) is 0 Å². The molecule has 1 aliphatic carbocycles. The minimum absolute atomic E-state index is 0.0797. The highest BCUT2D eigenvalue weighted by molar-refractivity contribution is 8.00. The second-order valence-corrected chi connectivity index (χ2v) is 7.70. The number of primary amides is 1. The Morgan fingerprint density at radius 2 is 1.85 bits per heavy atom. The first kappa shape index (κ1) is 18.5. The minimum atomic E-state index is -0.396. The molecule has 0 bridgehead atoms. The Morgan fingerprint density at radius 3 is 2.62 bits per heavy atom. The van der Waals surface area contributed by atoms with Crippen molar-refractivity contribution in [3.8, 4) is 0 Å². The zero-order valence-corrected chi connectivity index (χ0v) is 15.8. The van der Waals surface area contributed by atoms with Crippen LogP contribution in [-0.2, 0) is 17.6 Å². The fourth-order valence-corrected chi connectivity index (χ4v) is 4.10. The Bertz CT molecular complexity index is 819. The summed E-state index contributed by atoms with van der Waals surface area (Å²) in [5.74, 6) is -0.375. The van der Waals surface area contributed by atoms with Gasteiger partial charge in [-0.1, -0.05) is 30.3 Å². The number of carbonyl (C=O) groups excluding carboxylic acids is 2. The zero-order valence-electron chi connectivity index (χ0n) is 15.0. The van der Waals surface area contributed by atoms with Gasteiger partial charge in [0.1, 0.15) is 0 Å². The highest BCUT2D eigenvalue weighted by Gasteiger charge is 2.17. The van der Waals surface area contributed by atoms with Gasteiger partial charge in [0.25, 0.3) is 5.91 Å². The van der Waals surface area contributed by atoms with E-state index in [1.807, 2.05) is 25.1 Å². The Kier molecular flexibility index (Phi) is 5.99. The Labute approximate surface area is 158 Å². The largest absolute Gasteiger partial charge is 0.369 e. The fraction of sp³-hybridized carbons (Fsp3) is 0.333. The van der Waals surface area contributed by atoms with Gasteiger partial charge in [0, 0.05) is 4.90 Å². The predicted molar refractivity (Wildman–Crippen MR) is 105 cm³/mol. The lowest BCUT2D eigenvalue weighted by atomic mass is 9.89. The fourth-order valence-electron chi connectivity index (χ4n) is 3.31. The lowest BCUT2D eigenvalue weighted by Gasteiger charge is -2.20. The van der Waals surface area contributed by atoms with Crippen molar-refractivity contribution in [2.75, 3.05) is 5.75 Å². The van der Waals surface area contributed by atoms with Gasteiger partial charge in [-0.25, -0.2) is 0 Å². The first-order chi connectivity index (χ1) is 12.5. The molecule has 1 aliphatic rings. The molecule has 0 radical (unpaired) electrons. The molecule has 0 fully saturated rings. The molecular formula is C21H24N2O2S. The van der Waals surface area contributed by atoms with Crippen LogP contribution in [0.4, 0.5) is 0 Å². The van der Waals surface area contributed by atoms with Crippen LogP contribution in [0.1, 0.15) is 52.9 Å². The third-order valence-corrected chi connectivity index (χ3v) is 5.82. The number of carbonyl (C=O) groups is 2. The summed E-state index contributed by atoms with van der Waals surface area (Å²) < 4.78 is 0. The summed E-state index contributed by atoms with van der Waals surface area (Å²) in [5.41, 5.74) is 9.76. The molecular weight excluding hydrogens is 344 g/mol. The number of benzene rings is 2. The highest BCUT2D eigenvalue weighted by atomic mass is 32.2. The number of amides is 2. The van der Waals surface area contributed by atoms with Crippen LogP contribution in [0.15, 0.2) is 47.4 Å². The van der Waals surface area contributed by atoms with Crippen molar-refractivity contribution in [3.05, 3.63) is 64.7 Å². The maximum Gasteiger partial charge on any atom is 0.252 e. The van der Waals surface area contributed by atoms with Gasteiger partial charge in [0.15, 0.2) is 0 Å². The summed E-state index contributed by atoms with van der Waals surface area (Å²) in [4.78, 5) is 24.5. The van der Waals surface area contributed by atoms with Gasteiger partial charge in [-0.2, -0.15) is 0 Å². The summed E-state index contributed by atoms with van der Waals surface area (Å²) in [6, 6.07) is 13.8. The Hall–Kier alpha value is -2.27. The molecule has 3 rings (SSSR count). The van der Waals surface area contributed by atoms with E-state index in [-0.39, 0.29) is 17.7 Å². The number of thioether (sulfide) groups is 1. The van der Waals surface area contributed by atoms with Crippen LogP contribution in [0.5, 0.6) is 0 Å². The van der Waals surface area contributed by atoms with Crippen LogP contribution in [0.2, 0.25) is 0 Å². The van der Waals surface area contributed by atoms with Crippen molar-refractivity contribution >= 4 is 23.6 Å². The summed E-state index contributed by atoms with van der Waals surface area (Å²) in [7, 11) is 0. The van der Waals surface area contributed by atoms with E-state index in [9.17, 15) is 9.59 Å². The molecule has 4 nitrogen and oxygen atoms in total. The number of nitrogens with two attached hydrogens (primary N) is 1. The van der Waals surface area contributed by atoms with Crippen molar-refractivity contribution in [2.45, 2.75) is 43.5 Å². The lowest BCUT2D eigenvalue weighted by Crippen LogP contribution is -2.27. The number of hydrogen-bond acceptors (Lipinski definition) is 3. The number of fused-ring (bicyclic) bond motifs is 1. The minimum Gasteiger partial charge on any atom is -0.369 e. The number of hydrogen-bond donors (Lipinski definition) is 2. The topological polar surface area (TPSA) is 72.2 Å². The van der Waals surface area contributed by atoms with Crippen LogP contribution in [-0.4, -0.2) is 17.6 Å². The Morgan fingerprint density at radius 1 is 1.12 bits per heavy atom. The molecule has 5 heteroatoms. The zero-order chi connectivity index (χ0) is 18.5. The second kappa shape index (κ2) is 8.41. The van der Waals surface area contributed by atoms with Crippen molar-refractivity contribution < 1.29 is 9.59 Å². The smallest absolute Gasteiger partial charge is 0.252 e. The molecule has 0 aliphatic heterocycles. The lowest BCUT2D eigenvalue weighted by molar-refractivity contribution is -0.115. The van der Waals surface area contributed by atoms with E-state index < -0.39 is 5.91 Å². The highest BCUT2D eigenvalue weighted by Crippen LogP contribution is 2.26. The van der Waals surface area contributed by atoms with E-state index in [1.54, 1.807) is 6.07 Å². The first-order valence-corrected chi connectivity index (χ1v) is 9.96. The molecule has 1 unspecified atom stereocenters. The molecule has 0 saturated heterocycles.